The minimum Gasteiger partial charge on any atom is -0.486 e. The molecule has 1 aliphatic heterocycles. The van der Waals surface area contributed by atoms with Crippen LogP contribution in [0.5, 0.6) is 5.75 Å². The molecule has 3 aromatic rings. The summed E-state index contributed by atoms with van der Waals surface area (Å²) in [5.41, 5.74) is 2.54. The van der Waals surface area contributed by atoms with Crippen molar-refractivity contribution < 1.29 is 14.3 Å². The molecular weight excluding hydrogens is 521 g/mol. The van der Waals surface area contributed by atoms with Gasteiger partial charge in [-0.15, -0.1) is 0 Å². The minimum atomic E-state index is -0.200. The number of carbonyl (C=O) groups excluding carboxylic acids is 1. The molecule has 0 radical (unpaired) electrons. The molecule has 2 aromatic carbocycles. The van der Waals surface area contributed by atoms with E-state index in [1.165, 1.54) is 0 Å². The van der Waals surface area contributed by atoms with Gasteiger partial charge in [-0.3, -0.25) is 0 Å². The van der Waals surface area contributed by atoms with Crippen molar-refractivity contribution in [3.8, 4) is 5.75 Å². The molecule has 36 heavy (non-hydrogen) atoms. The summed E-state index contributed by atoms with van der Waals surface area (Å²) in [5.74, 6) is 1.71. The van der Waals surface area contributed by atoms with Crippen LogP contribution in [0.4, 0.5) is 4.79 Å². The first-order chi connectivity index (χ1) is 17.3. The second-order valence-electron chi connectivity index (χ2n) is 9.68. The zero-order valence-electron chi connectivity index (χ0n) is 20.7. The van der Waals surface area contributed by atoms with Crippen molar-refractivity contribution in [3.05, 3.63) is 56.8 Å². The number of aryl methyl sites for hydroxylation is 1. The number of ether oxygens (including phenoxy) is 2. The number of likely N-dealkylation sites (tertiary alicyclic amines) is 1. The molecule has 1 N–H and O–H groups in total. The number of halogens is 3. The number of hydrogen-bond donors (Lipinski definition) is 1. The van der Waals surface area contributed by atoms with Gasteiger partial charge in [0, 0.05) is 23.2 Å². The fraction of sp³-hybridized carbons (Fsp3) is 0.481. The Hall–Kier alpha value is -2.15. The molecule has 0 bridgehead atoms. The number of piperidine rings is 1. The Bertz CT molecular complexity index is 1180. The van der Waals surface area contributed by atoms with Gasteiger partial charge in [0.1, 0.15) is 18.2 Å². The molecule has 1 unspecified atom stereocenters. The lowest BCUT2D eigenvalue weighted by Crippen LogP contribution is -2.44. The molecule has 1 saturated heterocycles. The molecule has 4 rings (SSSR count). The summed E-state index contributed by atoms with van der Waals surface area (Å²) < 4.78 is 11.3. The predicted molar refractivity (Wildman–Crippen MR) is 145 cm³/mol. The van der Waals surface area contributed by atoms with Crippen LogP contribution in [0.3, 0.4) is 0 Å². The highest BCUT2D eigenvalue weighted by atomic mass is 35.5. The second-order valence-corrected chi connectivity index (χ2v) is 10.9. The zero-order valence-corrected chi connectivity index (χ0v) is 22.9. The number of benzene rings is 2. The summed E-state index contributed by atoms with van der Waals surface area (Å²) in [4.78, 5) is 22.6. The SMILES string of the molecule is CC(C)COC(=O)N1CCCCC1CCCc1c(Cl)c(Cl)cc2[nH]c(COc3ccc(Cl)cc3)nc12. The lowest BCUT2D eigenvalue weighted by atomic mass is 9.96. The van der Waals surface area contributed by atoms with Gasteiger partial charge in [-0.05, 0) is 74.8 Å². The van der Waals surface area contributed by atoms with Gasteiger partial charge >= 0.3 is 6.09 Å². The van der Waals surface area contributed by atoms with Crippen LogP contribution >= 0.6 is 34.8 Å². The number of hydrogen-bond acceptors (Lipinski definition) is 4. The van der Waals surface area contributed by atoms with Crippen molar-refractivity contribution in [3.63, 3.8) is 0 Å². The maximum Gasteiger partial charge on any atom is 0.410 e. The highest BCUT2D eigenvalue weighted by molar-refractivity contribution is 6.43. The van der Waals surface area contributed by atoms with Crippen LogP contribution in [0, 0.1) is 5.92 Å². The summed E-state index contributed by atoms with van der Waals surface area (Å²) in [6, 6.07) is 9.17. The molecule has 194 valence electrons. The first kappa shape index (κ1) is 26.9. The smallest absolute Gasteiger partial charge is 0.410 e. The van der Waals surface area contributed by atoms with Crippen molar-refractivity contribution in [1.82, 2.24) is 14.9 Å². The largest absolute Gasteiger partial charge is 0.486 e. The molecule has 9 heteroatoms. The fourth-order valence-electron chi connectivity index (χ4n) is 4.57. The molecule has 1 aromatic heterocycles. The summed E-state index contributed by atoms with van der Waals surface area (Å²) >= 11 is 19.0. The Morgan fingerprint density at radius 2 is 1.97 bits per heavy atom. The van der Waals surface area contributed by atoms with Crippen LogP contribution in [-0.2, 0) is 17.8 Å². The van der Waals surface area contributed by atoms with Gasteiger partial charge in [0.05, 0.1) is 27.7 Å². The Morgan fingerprint density at radius 3 is 2.72 bits per heavy atom. The molecule has 2 heterocycles. The van der Waals surface area contributed by atoms with E-state index in [2.05, 4.69) is 4.98 Å². The number of aromatic nitrogens is 2. The van der Waals surface area contributed by atoms with Crippen molar-refractivity contribution in [2.24, 2.45) is 5.92 Å². The number of carbonyl (C=O) groups is 1. The van der Waals surface area contributed by atoms with Gasteiger partial charge in [-0.2, -0.15) is 0 Å². The van der Waals surface area contributed by atoms with Crippen molar-refractivity contribution >= 4 is 51.9 Å². The molecule has 1 fully saturated rings. The van der Waals surface area contributed by atoms with Crippen molar-refractivity contribution in [1.29, 1.82) is 0 Å². The van der Waals surface area contributed by atoms with Crippen LogP contribution < -0.4 is 4.74 Å². The quantitative estimate of drug-likeness (QED) is 0.291. The number of H-pyrrole nitrogens is 1. The van der Waals surface area contributed by atoms with E-state index in [0.717, 1.165) is 55.2 Å². The van der Waals surface area contributed by atoms with Crippen molar-refractivity contribution in [2.45, 2.75) is 65.0 Å². The average molecular weight is 553 g/mol. The molecule has 0 aliphatic carbocycles. The van der Waals surface area contributed by atoms with E-state index >= 15 is 0 Å². The molecule has 6 nitrogen and oxygen atoms in total. The standard InChI is InChI=1S/C27H32Cl3N3O3/c1-17(2)15-36-27(34)33-13-4-3-6-19(33)7-5-8-21-25(30)22(29)14-23-26(21)32-24(31-23)16-35-20-11-9-18(28)10-12-20/h9-12,14,17,19H,3-8,13,15-16H2,1-2H3,(H,31,32). The molecule has 0 saturated carbocycles. The number of imidazole rings is 1. The number of nitrogens with zero attached hydrogens (tertiary/aromatic N) is 2. The number of amides is 1. The average Bonchev–Trinajstić information content (AvgIpc) is 3.27. The normalized spacial score (nSPS) is 16.1. The summed E-state index contributed by atoms with van der Waals surface area (Å²) in [5, 5.41) is 1.67. The first-order valence-corrected chi connectivity index (χ1v) is 13.6. The number of aromatic amines is 1. The monoisotopic (exact) mass is 551 g/mol. The third kappa shape index (κ3) is 6.78. The van der Waals surface area contributed by atoms with Gasteiger partial charge < -0.3 is 19.4 Å². The maximum absolute atomic E-state index is 12.6. The first-order valence-electron chi connectivity index (χ1n) is 12.5. The van der Waals surface area contributed by atoms with Gasteiger partial charge in [-0.1, -0.05) is 48.7 Å². The highest BCUT2D eigenvalue weighted by Crippen LogP contribution is 2.34. The summed E-state index contributed by atoms with van der Waals surface area (Å²) in [6.45, 7) is 5.56. The zero-order chi connectivity index (χ0) is 25.7. The molecule has 1 amide bonds. The Morgan fingerprint density at radius 1 is 1.19 bits per heavy atom. The van der Waals surface area contributed by atoms with Crippen LogP contribution in [0.15, 0.2) is 30.3 Å². The Balaban J connectivity index is 1.42. The topological polar surface area (TPSA) is 67.5 Å². The van der Waals surface area contributed by atoms with E-state index in [4.69, 9.17) is 49.3 Å². The van der Waals surface area contributed by atoms with Gasteiger partial charge in [0.25, 0.3) is 0 Å². The Kier molecular flexibility index (Phi) is 9.26. The maximum atomic E-state index is 12.6. The van der Waals surface area contributed by atoms with Gasteiger partial charge in [0.2, 0.25) is 0 Å². The van der Waals surface area contributed by atoms with Crippen LogP contribution in [-0.4, -0.2) is 40.2 Å². The Labute approximate surface area is 227 Å². The van der Waals surface area contributed by atoms with Crippen LogP contribution in [0.1, 0.15) is 57.3 Å². The van der Waals surface area contributed by atoms with E-state index in [1.54, 1.807) is 18.2 Å². The summed E-state index contributed by atoms with van der Waals surface area (Å²) in [6.07, 6.45) is 5.37. The lowest BCUT2D eigenvalue weighted by Gasteiger charge is -2.35. The highest BCUT2D eigenvalue weighted by Gasteiger charge is 2.28. The number of fused-ring (bicyclic) bond motifs is 1. The second kappa shape index (κ2) is 12.4. The minimum absolute atomic E-state index is 0.175. The van der Waals surface area contributed by atoms with E-state index in [9.17, 15) is 4.79 Å². The third-order valence-corrected chi connectivity index (χ3v) is 7.45. The summed E-state index contributed by atoms with van der Waals surface area (Å²) in [7, 11) is 0. The molecular formula is C27H32Cl3N3O3. The van der Waals surface area contributed by atoms with Crippen molar-refractivity contribution in [2.75, 3.05) is 13.2 Å². The fourth-order valence-corrected chi connectivity index (χ4v) is 5.15. The van der Waals surface area contributed by atoms with E-state index in [0.29, 0.717) is 45.6 Å². The van der Waals surface area contributed by atoms with E-state index in [1.807, 2.05) is 30.9 Å². The van der Waals surface area contributed by atoms with Gasteiger partial charge in [0.15, 0.2) is 0 Å². The van der Waals surface area contributed by atoms with Gasteiger partial charge in [-0.25, -0.2) is 9.78 Å². The lowest BCUT2D eigenvalue weighted by molar-refractivity contribution is 0.0630. The number of rotatable bonds is 9. The molecule has 1 aliphatic rings. The predicted octanol–water partition coefficient (Wildman–Crippen LogP) is 8.07. The molecule has 1 atom stereocenters. The molecule has 0 spiro atoms. The number of nitrogens with one attached hydrogen (secondary N) is 1. The van der Waals surface area contributed by atoms with Crippen LogP contribution in [0.25, 0.3) is 11.0 Å². The van der Waals surface area contributed by atoms with E-state index in [-0.39, 0.29) is 18.7 Å². The van der Waals surface area contributed by atoms with E-state index < -0.39 is 0 Å². The third-order valence-electron chi connectivity index (χ3n) is 6.37. The van der Waals surface area contributed by atoms with Crippen LogP contribution in [0.2, 0.25) is 15.1 Å².